The lowest BCUT2D eigenvalue weighted by atomic mass is 10.1. The normalized spacial score (nSPS) is 24.2. The van der Waals surface area contributed by atoms with Gasteiger partial charge in [-0.15, -0.1) is 0 Å². The molecule has 2 aliphatic rings. The molecule has 1 aliphatic heterocycles. The number of halogens is 1. The van der Waals surface area contributed by atoms with Crippen LogP contribution in [0, 0.1) is 0 Å². The number of fused-ring (bicyclic) bond motifs is 1. The lowest BCUT2D eigenvalue weighted by Crippen LogP contribution is -2.48. The summed E-state index contributed by atoms with van der Waals surface area (Å²) in [5.74, 6) is 3.92. The Bertz CT molecular complexity index is 841. The fourth-order valence-electron chi connectivity index (χ4n) is 3.78. The van der Waals surface area contributed by atoms with Gasteiger partial charge in [-0.1, -0.05) is 41.9 Å². The Labute approximate surface area is 175 Å². The Morgan fingerprint density at radius 2 is 2.07 bits per heavy atom. The third-order valence-corrected chi connectivity index (χ3v) is 5.99. The molecule has 1 aromatic carbocycles. The van der Waals surface area contributed by atoms with Crippen molar-refractivity contribution in [2.24, 2.45) is 4.99 Å². The first-order chi connectivity index (χ1) is 13.5. The maximum absolute atomic E-state index is 4.69. The summed E-state index contributed by atoms with van der Waals surface area (Å²) in [7, 11) is 0. The topological polar surface area (TPSA) is 67.1 Å². The molecule has 2 heterocycles. The van der Waals surface area contributed by atoms with Gasteiger partial charge in [0, 0.05) is 41.4 Å². The van der Waals surface area contributed by atoms with Crippen LogP contribution in [0.2, 0.25) is 0 Å². The summed E-state index contributed by atoms with van der Waals surface area (Å²) in [5.41, 5.74) is 1.39. The molecule has 6 nitrogen and oxygen atoms in total. The van der Waals surface area contributed by atoms with Crippen LogP contribution >= 0.6 is 15.9 Å². The molecule has 0 bridgehead atoms. The maximum atomic E-state index is 4.69. The minimum Gasteiger partial charge on any atom is -0.353 e. The highest BCUT2D eigenvalue weighted by Gasteiger charge is 2.39. The predicted octanol–water partition coefficient (Wildman–Crippen LogP) is 3.59. The molecule has 2 N–H and O–H groups in total. The van der Waals surface area contributed by atoms with Crippen molar-refractivity contribution in [2.45, 2.75) is 70.5 Å². The Morgan fingerprint density at radius 1 is 1.29 bits per heavy atom. The molecule has 3 atom stereocenters. The van der Waals surface area contributed by atoms with E-state index in [0.717, 1.165) is 54.4 Å². The van der Waals surface area contributed by atoms with E-state index in [-0.39, 0.29) is 0 Å². The fourth-order valence-corrected chi connectivity index (χ4v) is 4.05. The van der Waals surface area contributed by atoms with Gasteiger partial charge in [0.1, 0.15) is 5.82 Å². The van der Waals surface area contributed by atoms with Crippen molar-refractivity contribution in [3.05, 3.63) is 46.0 Å². The van der Waals surface area contributed by atoms with E-state index in [1.807, 2.05) is 0 Å². The Kier molecular flexibility index (Phi) is 5.71. The monoisotopic (exact) mass is 444 g/mol. The molecule has 150 valence electrons. The molecule has 2 aromatic rings. The van der Waals surface area contributed by atoms with Crippen LogP contribution in [0.25, 0.3) is 0 Å². The summed E-state index contributed by atoms with van der Waals surface area (Å²) in [5, 5.41) is 12.0. The molecular formula is C21H29BrN6. The molecule has 1 aromatic heterocycles. The van der Waals surface area contributed by atoms with Crippen LogP contribution in [0.15, 0.2) is 33.7 Å². The Hall–Kier alpha value is -1.89. The maximum Gasteiger partial charge on any atom is 0.191 e. The molecule has 3 unspecified atom stereocenters. The van der Waals surface area contributed by atoms with Crippen LogP contribution in [-0.2, 0) is 13.0 Å². The molecule has 0 radical (unpaired) electrons. The van der Waals surface area contributed by atoms with Crippen molar-refractivity contribution in [1.82, 2.24) is 25.4 Å². The molecule has 1 fully saturated rings. The zero-order valence-corrected chi connectivity index (χ0v) is 18.4. The van der Waals surface area contributed by atoms with E-state index in [0.29, 0.717) is 23.9 Å². The zero-order chi connectivity index (χ0) is 19.7. The molecule has 1 saturated carbocycles. The van der Waals surface area contributed by atoms with Crippen LogP contribution in [0.3, 0.4) is 0 Å². The van der Waals surface area contributed by atoms with Crippen LogP contribution in [0.4, 0.5) is 0 Å². The minimum absolute atomic E-state index is 0.330. The van der Waals surface area contributed by atoms with Crippen molar-refractivity contribution in [1.29, 1.82) is 0 Å². The first kappa shape index (κ1) is 19.4. The molecule has 0 amide bonds. The van der Waals surface area contributed by atoms with Crippen molar-refractivity contribution in [2.75, 3.05) is 6.54 Å². The SMILES string of the molecule is CCN=C(NC1CCc2nc(C(C)C)nn2C1)NC1CC1c1ccc(Br)cc1. The van der Waals surface area contributed by atoms with Gasteiger partial charge in [-0.05, 0) is 37.5 Å². The van der Waals surface area contributed by atoms with Gasteiger partial charge >= 0.3 is 0 Å². The molecule has 7 heteroatoms. The van der Waals surface area contributed by atoms with Crippen molar-refractivity contribution in [3.63, 3.8) is 0 Å². The van der Waals surface area contributed by atoms with E-state index in [1.165, 1.54) is 5.56 Å². The largest absolute Gasteiger partial charge is 0.353 e. The number of benzene rings is 1. The van der Waals surface area contributed by atoms with Gasteiger partial charge in [0.25, 0.3) is 0 Å². The lowest BCUT2D eigenvalue weighted by Gasteiger charge is -2.25. The predicted molar refractivity (Wildman–Crippen MR) is 116 cm³/mol. The van der Waals surface area contributed by atoms with Gasteiger partial charge in [-0.3, -0.25) is 4.99 Å². The number of nitrogens with zero attached hydrogens (tertiary/aromatic N) is 4. The Morgan fingerprint density at radius 3 is 2.79 bits per heavy atom. The number of hydrogen-bond acceptors (Lipinski definition) is 3. The van der Waals surface area contributed by atoms with E-state index < -0.39 is 0 Å². The molecule has 1 aliphatic carbocycles. The smallest absolute Gasteiger partial charge is 0.191 e. The van der Waals surface area contributed by atoms with E-state index in [2.05, 4.69) is 91.4 Å². The standard InChI is InChI=1S/C21H29BrN6/c1-4-23-21(25-18-11-17(18)14-5-7-15(22)8-6-14)24-16-9-10-19-26-20(13(2)3)27-28(19)12-16/h5-8,13,16-18H,4,9-12H2,1-3H3,(H2,23,24,25). The zero-order valence-electron chi connectivity index (χ0n) is 16.8. The van der Waals surface area contributed by atoms with E-state index in [4.69, 9.17) is 0 Å². The summed E-state index contributed by atoms with van der Waals surface area (Å²) in [6.07, 6.45) is 3.17. The third-order valence-electron chi connectivity index (χ3n) is 5.46. The number of hydrogen-bond donors (Lipinski definition) is 2. The van der Waals surface area contributed by atoms with Gasteiger partial charge in [0.2, 0.25) is 0 Å². The van der Waals surface area contributed by atoms with Crippen molar-refractivity contribution in [3.8, 4) is 0 Å². The molecule has 4 rings (SSSR count). The summed E-state index contributed by atoms with van der Waals surface area (Å²) in [6.45, 7) is 7.98. The van der Waals surface area contributed by atoms with Gasteiger partial charge in [-0.2, -0.15) is 5.10 Å². The minimum atomic E-state index is 0.330. The lowest BCUT2D eigenvalue weighted by molar-refractivity contribution is 0.391. The number of nitrogens with one attached hydrogen (secondary N) is 2. The highest BCUT2D eigenvalue weighted by molar-refractivity contribution is 9.10. The summed E-state index contributed by atoms with van der Waals surface area (Å²) in [6, 6.07) is 9.44. The molecule has 0 saturated heterocycles. The van der Waals surface area contributed by atoms with Gasteiger partial charge in [0.15, 0.2) is 11.8 Å². The van der Waals surface area contributed by atoms with Crippen molar-refractivity contribution < 1.29 is 0 Å². The molecule has 0 spiro atoms. The Balaban J connectivity index is 1.36. The average Bonchev–Trinajstić information content (AvgIpc) is 3.29. The quantitative estimate of drug-likeness (QED) is 0.545. The first-order valence-electron chi connectivity index (χ1n) is 10.3. The second-order valence-electron chi connectivity index (χ2n) is 8.07. The number of aromatic nitrogens is 3. The van der Waals surface area contributed by atoms with Gasteiger partial charge in [-0.25, -0.2) is 9.67 Å². The number of aliphatic imine (C=N–C) groups is 1. The van der Waals surface area contributed by atoms with E-state index >= 15 is 0 Å². The van der Waals surface area contributed by atoms with Crippen LogP contribution in [0.1, 0.15) is 62.7 Å². The number of aryl methyl sites for hydroxylation is 1. The van der Waals surface area contributed by atoms with Crippen molar-refractivity contribution >= 4 is 21.9 Å². The molecular weight excluding hydrogens is 416 g/mol. The fraction of sp³-hybridized carbons (Fsp3) is 0.571. The summed E-state index contributed by atoms with van der Waals surface area (Å²) in [4.78, 5) is 9.35. The van der Waals surface area contributed by atoms with E-state index in [9.17, 15) is 0 Å². The van der Waals surface area contributed by atoms with E-state index in [1.54, 1.807) is 0 Å². The summed E-state index contributed by atoms with van der Waals surface area (Å²) >= 11 is 3.51. The highest BCUT2D eigenvalue weighted by Crippen LogP contribution is 2.41. The second kappa shape index (κ2) is 8.23. The molecule has 28 heavy (non-hydrogen) atoms. The van der Waals surface area contributed by atoms with Crippen LogP contribution in [0.5, 0.6) is 0 Å². The first-order valence-corrected chi connectivity index (χ1v) is 11.1. The third kappa shape index (κ3) is 4.40. The van der Waals surface area contributed by atoms with Gasteiger partial charge < -0.3 is 10.6 Å². The summed E-state index contributed by atoms with van der Waals surface area (Å²) < 4.78 is 3.20. The van der Waals surface area contributed by atoms with Crippen LogP contribution < -0.4 is 10.6 Å². The number of rotatable bonds is 5. The average molecular weight is 445 g/mol. The number of guanidine groups is 1. The second-order valence-corrected chi connectivity index (χ2v) is 8.99. The highest BCUT2D eigenvalue weighted by atomic mass is 79.9. The van der Waals surface area contributed by atoms with Gasteiger partial charge in [0.05, 0.1) is 6.54 Å². The van der Waals surface area contributed by atoms with Crippen LogP contribution in [-0.4, -0.2) is 39.4 Å².